The van der Waals surface area contributed by atoms with E-state index >= 15 is 0 Å². The van der Waals surface area contributed by atoms with Crippen LogP contribution in [0.1, 0.15) is 57.4 Å². The summed E-state index contributed by atoms with van der Waals surface area (Å²) >= 11 is 6.20. The molecule has 0 N–H and O–H groups in total. The number of imidazole rings is 1. The predicted molar refractivity (Wildman–Crippen MR) is 116 cm³/mol. The Labute approximate surface area is 193 Å². The first-order valence-electron chi connectivity index (χ1n) is 10.1. The molecule has 1 aromatic carbocycles. The van der Waals surface area contributed by atoms with Gasteiger partial charge in [-0.1, -0.05) is 31.5 Å². The van der Waals surface area contributed by atoms with E-state index in [1.165, 1.54) is 10.6 Å². The Morgan fingerprint density at radius 2 is 1.88 bits per heavy atom. The second-order valence-electron chi connectivity index (χ2n) is 8.79. The fourth-order valence-corrected chi connectivity index (χ4v) is 3.40. The number of halogens is 5. The Hall–Kier alpha value is -2.88. The molecule has 178 valence electrons. The molecule has 0 radical (unpaired) electrons. The fraction of sp³-hybridized carbons (Fsp3) is 0.409. The molecule has 2 heterocycles. The number of ether oxygens (including phenoxy) is 1. The molecule has 3 aromatic rings. The minimum absolute atomic E-state index is 0.00103. The van der Waals surface area contributed by atoms with Crippen LogP contribution in [-0.2, 0) is 17.5 Å². The highest BCUT2D eigenvalue weighted by Crippen LogP contribution is 2.35. The van der Waals surface area contributed by atoms with E-state index in [1.54, 1.807) is 27.0 Å². The second-order valence-corrected chi connectivity index (χ2v) is 9.18. The fourth-order valence-electron chi connectivity index (χ4n) is 3.22. The highest BCUT2D eigenvalue weighted by molar-refractivity contribution is 6.29. The summed E-state index contributed by atoms with van der Waals surface area (Å²) in [6, 6.07) is 3.61. The third-order valence-electron chi connectivity index (χ3n) is 4.65. The molecular formula is C22H23ClF4N4O2. The van der Waals surface area contributed by atoms with E-state index in [9.17, 15) is 22.4 Å². The molecule has 0 aliphatic heterocycles. The summed E-state index contributed by atoms with van der Waals surface area (Å²) in [6.07, 6.45) is -4.20. The molecular weight excluding hydrogens is 464 g/mol. The van der Waals surface area contributed by atoms with Crippen LogP contribution in [0.5, 0.6) is 0 Å². The van der Waals surface area contributed by atoms with Crippen LogP contribution in [-0.4, -0.2) is 26.3 Å². The Bertz CT molecular complexity index is 1190. The van der Waals surface area contributed by atoms with E-state index in [-0.39, 0.29) is 28.0 Å². The molecule has 33 heavy (non-hydrogen) atoms. The van der Waals surface area contributed by atoms with Crippen LogP contribution in [0.25, 0.3) is 5.65 Å². The average molecular weight is 487 g/mol. The Morgan fingerprint density at radius 3 is 2.45 bits per heavy atom. The van der Waals surface area contributed by atoms with Crippen LogP contribution in [0.2, 0.25) is 5.15 Å². The van der Waals surface area contributed by atoms with Gasteiger partial charge in [0.15, 0.2) is 10.8 Å². The van der Waals surface area contributed by atoms with E-state index in [0.29, 0.717) is 11.8 Å². The summed E-state index contributed by atoms with van der Waals surface area (Å²) in [5, 5.41) is 4.22. The van der Waals surface area contributed by atoms with Crippen molar-refractivity contribution in [1.82, 2.24) is 14.6 Å². The van der Waals surface area contributed by atoms with Crippen molar-refractivity contribution in [1.29, 1.82) is 0 Å². The number of benzene rings is 1. The van der Waals surface area contributed by atoms with E-state index < -0.39 is 35.8 Å². The SMILES string of the molecule is CC(C)c1cnc2c(N(Cc3ccc(F)cc3C(F)(F)F)C(=O)OC(C)(C)C)cc(Cl)nn12. The van der Waals surface area contributed by atoms with Crippen molar-refractivity contribution >= 4 is 29.0 Å². The lowest BCUT2D eigenvalue weighted by Crippen LogP contribution is -2.37. The molecule has 0 saturated carbocycles. The number of alkyl halides is 3. The number of hydrogen-bond donors (Lipinski definition) is 0. The molecule has 1 amide bonds. The van der Waals surface area contributed by atoms with E-state index in [2.05, 4.69) is 10.1 Å². The average Bonchev–Trinajstić information content (AvgIpc) is 3.08. The first kappa shape index (κ1) is 24.8. The molecule has 0 aliphatic rings. The van der Waals surface area contributed by atoms with Crippen LogP contribution in [0, 0.1) is 5.82 Å². The lowest BCUT2D eigenvalue weighted by atomic mass is 10.1. The van der Waals surface area contributed by atoms with Crippen molar-refractivity contribution < 1.29 is 27.1 Å². The van der Waals surface area contributed by atoms with Gasteiger partial charge in [-0.25, -0.2) is 18.7 Å². The molecule has 6 nitrogen and oxygen atoms in total. The molecule has 0 fully saturated rings. The number of anilines is 1. The quantitative estimate of drug-likeness (QED) is 0.389. The maximum atomic E-state index is 13.6. The standard InChI is InChI=1S/C22H23ClF4N4O2/c1-12(2)17-10-28-19-16(9-18(23)29-31(17)19)30(20(32)33-21(3,4)5)11-13-6-7-14(24)8-15(13)22(25,26)27/h6-10,12H,11H2,1-5H3. The van der Waals surface area contributed by atoms with Gasteiger partial charge in [-0.05, 0) is 44.4 Å². The van der Waals surface area contributed by atoms with E-state index in [1.807, 2.05) is 13.8 Å². The van der Waals surface area contributed by atoms with Crippen LogP contribution in [0.4, 0.5) is 28.0 Å². The van der Waals surface area contributed by atoms with Crippen LogP contribution >= 0.6 is 11.6 Å². The maximum Gasteiger partial charge on any atom is 0.416 e. The second kappa shape index (κ2) is 8.81. The number of carbonyl (C=O) groups excluding carboxylic acids is 1. The van der Waals surface area contributed by atoms with Crippen LogP contribution < -0.4 is 4.90 Å². The largest absolute Gasteiger partial charge is 0.443 e. The van der Waals surface area contributed by atoms with Crippen molar-refractivity contribution in [3.05, 3.63) is 58.3 Å². The normalized spacial score (nSPS) is 12.5. The Morgan fingerprint density at radius 1 is 1.21 bits per heavy atom. The van der Waals surface area contributed by atoms with Crippen LogP contribution in [0.15, 0.2) is 30.5 Å². The van der Waals surface area contributed by atoms with Gasteiger partial charge in [0.2, 0.25) is 0 Å². The van der Waals surface area contributed by atoms with Gasteiger partial charge in [-0.2, -0.15) is 18.3 Å². The summed E-state index contributed by atoms with van der Waals surface area (Å²) in [7, 11) is 0. The number of hydrogen-bond acceptors (Lipinski definition) is 4. The molecule has 0 atom stereocenters. The van der Waals surface area contributed by atoms with Gasteiger partial charge in [-0.3, -0.25) is 4.90 Å². The van der Waals surface area contributed by atoms with Crippen molar-refractivity contribution in [3.63, 3.8) is 0 Å². The summed E-state index contributed by atoms with van der Waals surface area (Å²) in [6.45, 7) is 8.14. The molecule has 11 heteroatoms. The third-order valence-corrected chi connectivity index (χ3v) is 4.83. The topological polar surface area (TPSA) is 59.7 Å². The maximum absolute atomic E-state index is 13.6. The summed E-state index contributed by atoms with van der Waals surface area (Å²) in [4.78, 5) is 18.4. The number of amides is 1. The molecule has 0 unspecified atom stereocenters. The summed E-state index contributed by atoms with van der Waals surface area (Å²) in [5.74, 6) is -1.04. The van der Waals surface area contributed by atoms with Gasteiger partial charge in [0.1, 0.15) is 11.4 Å². The molecule has 0 bridgehead atoms. The Kier molecular flexibility index (Phi) is 6.61. The molecule has 2 aromatic heterocycles. The van der Waals surface area contributed by atoms with Crippen molar-refractivity contribution in [3.8, 4) is 0 Å². The minimum Gasteiger partial charge on any atom is -0.443 e. The van der Waals surface area contributed by atoms with Crippen LogP contribution in [0.3, 0.4) is 0 Å². The molecule has 0 saturated heterocycles. The molecule has 3 rings (SSSR count). The van der Waals surface area contributed by atoms with Gasteiger partial charge in [-0.15, -0.1) is 0 Å². The smallest absolute Gasteiger partial charge is 0.416 e. The van der Waals surface area contributed by atoms with Gasteiger partial charge in [0.25, 0.3) is 0 Å². The number of carbonyl (C=O) groups is 1. The van der Waals surface area contributed by atoms with Crippen molar-refractivity contribution in [2.75, 3.05) is 4.90 Å². The highest BCUT2D eigenvalue weighted by Gasteiger charge is 2.36. The zero-order chi connectivity index (χ0) is 24.7. The first-order chi connectivity index (χ1) is 15.2. The monoisotopic (exact) mass is 486 g/mol. The lowest BCUT2D eigenvalue weighted by molar-refractivity contribution is -0.138. The lowest BCUT2D eigenvalue weighted by Gasteiger charge is -2.28. The number of aromatic nitrogens is 3. The molecule has 0 spiro atoms. The predicted octanol–water partition coefficient (Wildman–Crippen LogP) is 6.61. The minimum atomic E-state index is -4.83. The van der Waals surface area contributed by atoms with E-state index in [0.717, 1.165) is 17.0 Å². The molecule has 0 aliphatic carbocycles. The first-order valence-corrected chi connectivity index (χ1v) is 10.5. The number of rotatable bonds is 4. The van der Waals surface area contributed by atoms with Crippen molar-refractivity contribution in [2.24, 2.45) is 0 Å². The summed E-state index contributed by atoms with van der Waals surface area (Å²) < 4.78 is 61.3. The van der Waals surface area contributed by atoms with Gasteiger partial charge < -0.3 is 4.74 Å². The van der Waals surface area contributed by atoms with E-state index in [4.69, 9.17) is 16.3 Å². The van der Waals surface area contributed by atoms with Gasteiger partial charge >= 0.3 is 12.3 Å². The third kappa shape index (κ3) is 5.55. The number of nitrogens with zero attached hydrogens (tertiary/aromatic N) is 4. The zero-order valence-electron chi connectivity index (χ0n) is 18.7. The number of fused-ring (bicyclic) bond motifs is 1. The van der Waals surface area contributed by atoms with Gasteiger partial charge in [0, 0.05) is 6.07 Å². The summed E-state index contributed by atoms with van der Waals surface area (Å²) in [5.41, 5.74) is -1.44. The zero-order valence-corrected chi connectivity index (χ0v) is 19.4. The van der Waals surface area contributed by atoms with Gasteiger partial charge in [0.05, 0.1) is 29.7 Å². The highest BCUT2D eigenvalue weighted by atomic mass is 35.5. The Balaban J connectivity index is 2.21. The van der Waals surface area contributed by atoms with Crippen molar-refractivity contribution in [2.45, 2.75) is 58.9 Å².